The van der Waals surface area contributed by atoms with E-state index in [-0.39, 0.29) is 41.8 Å². The lowest BCUT2D eigenvalue weighted by molar-refractivity contribution is -0.141. The van der Waals surface area contributed by atoms with Gasteiger partial charge in [-0.05, 0) is 36.6 Å². The lowest BCUT2D eigenvalue weighted by Crippen LogP contribution is -2.49. The molecule has 4 rings (SSSR count). The van der Waals surface area contributed by atoms with Crippen molar-refractivity contribution in [2.45, 2.75) is 31.7 Å². The Bertz CT molecular complexity index is 1070. The minimum Gasteiger partial charge on any atom is -0.481 e. The van der Waals surface area contributed by atoms with Crippen LogP contribution < -0.4 is 16.2 Å². The summed E-state index contributed by atoms with van der Waals surface area (Å²) in [5.74, 6) is -1.02. The van der Waals surface area contributed by atoms with E-state index >= 15 is 0 Å². The zero-order valence-corrected chi connectivity index (χ0v) is 16.9. The van der Waals surface area contributed by atoms with Crippen molar-refractivity contribution in [3.8, 4) is 0 Å². The molecule has 2 atom stereocenters. The number of aliphatic carboxylic acids is 1. The van der Waals surface area contributed by atoms with Crippen LogP contribution in [0.2, 0.25) is 0 Å². The van der Waals surface area contributed by atoms with Crippen LogP contribution in [0.5, 0.6) is 0 Å². The molecule has 9 heteroatoms. The van der Waals surface area contributed by atoms with Crippen molar-refractivity contribution in [1.82, 2.24) is 9.47 Å². The van der Waals surface area contributed by atoms with Gasteiger partial charge < -0.3 is 25.2 Å². The number of carboxylic acids is 1. The van der Waals surface area contributed by atoms with Gasteiger partial charge in [0.25, 0.3) is 5.56 Å². The number of piperidine rings is 1. The first-order valence-electron chi connectivity index (χ1n) is 10.3. The SMILES string of the molecule is O=C(O)CCC(=O)N1C[C@H]2C[C@H](C1)c1ccc(NC(=O)Nc3ccccc3)c(=O)n1C2. The fourth-order valence-electron chi connectivity index (χ4n) is 4.42. The number of hydrogen-bond acceptors (Lipinski definition) is 4. The summed E-state index contributed by atoms with van der Waals surface area (Å²) in [5.41, 5.74) is 1.40. The Kier molecular flexibility index (Phi) is 5.75. The number of nitrogens with one attached hydrogen (secondary N) is 2. The Morgan fingerprint density at radius 1 is 0.968 bits per heavy atom. The molecule has 2 bridgehead atoms. The molecule has 3 heterocycles. The number of carboxylic acid groups (broad SMARTS) is 1. The van der Waals surface area contributed by atoms with Gasteiger partial charge in [0.05, 0.1) is 6.42 Å². The predicted octanol–water partition coefficient (Wildman–Crippen LogP) is 2.30. The Morgan fingerprint density at radius 3 is 2.48 bits per heavy atom. The van der Waals surface area contributed by atoms with Gasteiger partial charge in [0.1, 0.15) is 5.69 Å². The van der Waals surface area contributed by atoms with Crippen LogP contribution in [0, 0.1) is 5.92 Å². The van der Waals surface area contributed by atoms with Crippen LogP contribution in [0.1, 0.15) is 30.9 Å². The van der Waals surface area contributed by atoms with Crippen molar-refractivity contribution in [3.63, 3.8) is 0 Å². The molecule has 2 aliphatic heterocycles. The fourth-order valence-corrected chi connectivity index (χ4v) is 4.42. The van der Waals surface area contributed by atoms with E-state index in [2.05, 4.69) is 10.6 Å². The average Bonchev–Trinajstić information content (AvgIpc) is 2.75. The standard InChI is InChI=1S/C22H24N4O5/c27-19(8-9-20(28)29)25-11-14-10-15(13-25)18-7-6-17(21(30)26(18)12-14)24-22(31)23-16-4-2-1-3-5-16/h1-7,14-15H,8-13H2,(H,28,29)(H2,23,24,31)/t14-,15-/m1/s1. The number of carbonyl (C=O) groups excluding carboxylic acids is 2. The van der Waals surface area contributed by atoms with Crippen molar-refractivity contribution in [1.29, 1.82) is 0 Å². The summed E-state index contributed by atoms with van der Waals surface area (Å²) >= 11 is 0. The third-order valence-corrected chi connectivity index (χ3v) is 5.79. The van der Waals surface area contributed by atoms with Gasteiger partial charge >= 0.3 is 12.0 Å². The molecule has 9 nitrogen and oxygen atoms in total. The molecule has 1 aromatic heterocycles. The van der Waals surface area contributed by atoms with Crippen LogP contribution >= 0.6 is 0 Å². The average molecular weight is 424 g/mol. The maximum Gasteiger partial charge on any atom is 0.323 e. The van der Waals surface area contributed by atoms with Gasteiger partial charge in [0.15, 0.2) is 0 Å². The quantitative estimate of drug-likeness (QED) is 0.680. The summed E-state index contributed by atoms with van der Waals surface area (Å²) in [4.78, 5) is 50.1. The number of benzene rings is 1. The van der Waals surface area contributed by atoms with Crippen LogP contribution in [0.15, 0.2) is 47.3 Å². The van der Waals surface area contributed by atoms with E-state index in [0.717, 1.165) is 12.1 Å². The summed E-state index contributed by atoms with van der Waals surface area (Å²) in [5, 5.41) is 14.1. The van der Waals surface area contributed by atoms with Gasteiger partial charge in [0.2, 0.25) is 5.91 Å². The smallest absolute Gasteiger partial charge is 0.323 e. The van der Waals surface area contributed by atoms with Crippen LogP contribution in [0.4, 0.5) is 16.2 Å². The molecule has 31 heavy (non-hydrogen) atoms. The normalized spacial score (nSPS) is 19.3. The second kappa shape index (κ2) is 8.63. The Morgan fingerprint density at radius 2 is 1.74 bits per heavy atom. The molecule has 2 aromatic rings. The van der Waals surface area contributed by atoms with Gasteiger partial charge in [-0.3, -0.25) is 14.4 Å². The zero-order valence-electron chi connectivity index (χ0n) is 16.9. The number of pyridine rings is 1. The van der Waals surface area contributed by atoms with E-state index in [1.54, 1.807) is 39.8 Å². The third-order valence-electron chi connectivity index (χ3n) is 5.79. The van der Waals surface area contributed by atoms with Crippen LogP contribution in [0.3, 0.4) is 0 Å². The maximum atomic E-state index is 13.0. The summed E-state index contributed by atoms with van der Waals surface area (Å²) in [6.45, 7) is 1.44. The predicted molar refractivity (Wildman–Crippen MR) is 114 cm³/mol. The fraction of sp³-hybridized carbons (Fsp3) is 0.364. The highest BCUT2D eigenvalue weighted by Gasteiger charge is 2.36. The second-order valence-corrected chi connectivity index (χ2v) is 8.02. The van der Waals surface area contributed by atoms with Crippen molar-refractivity contribution >= 4 is 29.3 Å². The van der Waals surface area contributed by atoms with Gasteiger partial charge in [-0.1, -0.05) is 18.2 Å². The number of para-hydroxylation sites is 1. The Labute approximate surface area is 178 Å². The van der Waals surface area contributed by atoms with Crippen molar-refractivity contribution in [3.05, 3.63) is 58.5 Å². The number of aromatic nitrogens is 1. The Hall–Kier alpha value is -3.62. The van der Waals surface area contributed by atoms with E-state index in [0.29, 0.717) is 25.3 Å². The molecule has 3 amide bonds. The molecule has 1 saturated heterocycles. The van der Waals surface area contributed by atoms with Gasteiger partial charge in [-0.25, -0.2) is 4.79 Å². The highest BCUT2D eigenvalue weighted by molar-refractivity contribution is 5.99. The first-order valence-corrected chi connectivity index (χ1v) is 10.3. The van der Waals surface area contributed by atoms with Gasteiger partial charge in [-0.2, -0.15) is 0 Å². The minimum absolute atomic E-state index is 0.0129. The first kappa shape index (κ1) is 20.6. The number of likely N-dealkylation sites (tertiary alicyclic amines) is 1. The van der Waals surface area contributed by atoms with Crippen molar-refractivity contribution in [2.24, 2.45) is 5.92 Å². The van der Waals surface area contributed by atoms with Crippen LogP contribution in [-0.4, -0.2) is 45.6 Å². The lowest BCUT2D eigenvalue weighted by Gasteiger charge is -2.43. The number of carbonyl (C=O) groups is 3. The second-order valence-electron chi connectivity index (χ2n) is 8.02. The van der Waals surface area contributed by atoms with E-state index in [1.165, 1.54) is 0 Å². The lowest BCUT2D eigenvalue weighted by atomic mass is 9.83. The zero-order chi connectivity index (χ0) is 22.0. The first-order chi connectivity index (χ1) is 14.9. The highest BCUT2D eigenvalue weighted by atomic mass is 16.4. The summed E-state index contributed by atoms with van der Waals surface area (Å²) in [7, 11) is 0. The molecule has 0 saturated carbocycles. The summed E-state index contributed by atoms with van der Waals surface area (Å²) < 4.78 is 1.69. The van der Waals surface area contributed by atoms with E-state index in [9.17, 15) is 19.2 Å². The number of anilines is 2. The largest absolute Gasteiger partial charge is 0.481 e. The van der Waals surface area contributed by atoms with Gasteiger partial charge in [-0.15, -0.1) is 0 Å². The van der Waals surface area contributed by atoms with Crippen LogP contribution in [0.25, 0.3) is 0 Å². The number of fused-ring (bicyclic) bond motifs is 4. The number of nitrogens with zero attached hydrogens (tertiary/aromatic N) is 2. The molecule has 0 unspecified atom stereocenters. The van der Waals surface area contributed by atoms with E-state index in [1.807, 2.05) is 12.1 Å². The van der Waals surface area contributed by atoms with Crippen molar-refractivity contribution < 1.29 is 19.5 Å². The Balaban J connectivity index is 1.47. The molecule has 3 N–H and O–H groups in total. The summed E-state index contributed by atoms with van der Waals surface area (Å²) in [6, 6.07) is 11.9. The molecule has 1 aromatic carbocycles. The number of amides is 3. The molecule has 2 aliphatic rings. The monoisotopic (exact) mass is 424 g/mol. The number of hydrogen-bond donors (Lipinski definition) is 3. The number of urea groups is 1. The third kappa shape index (κ3) is 4.60. The van der Waals surface area contributed by atoms with Crippen molar-refractivity contribution in [2.75, 3.05) is 23.7 Å². The maximum absolute atomic E-state index is 13.0. The highest BCUT2D eigenvalue weighted by Crippen LogP contribution is 2.35. The van der Waals surface area contributed by atoms with Gasteiger partial charge in [0, 0.05) is 43.4 Å². The topological polar surface area (TPSA) is 121 Å². The molecule has 0 radical (unpaired) electrons. The van der Waals surface area contributed by atoms with Crippen LogP contribution in [-0.2, 0) is 16.1 Å². The minimum atomic E-state index is -0.987. The molecule has 1 fully saturated rings. The van der Waals surface area contributed by atoms with E-state index < -0.39 is 12.0 Å². The molecular formula is C22H24N4O5. The number of rotatable bonds is 5. The molecular weight excluding hydrogens is 400 g/mol. The molecule has 0 spiro atoms. The van der Waals surface area contributed by atoms with E-state index in [4.69, 9.17) is 5.11 Å². The molecule has 162 valence electrons. The molecule has 0 aliphatic carbocycles. The summed E-state index contributed by atoms with van der Waals surface area (Å²) in [6.07, 6.45) is 0.686.